The predicted molar refractivity (Wildman–Crippen MR) is 98.4 cm³/mol. The summed E-state index contributed by atoms with van der Waals surface area (Å²) in [7, 11) is 1.77. The summed E-state index contributed by atoms with van der Waals surface area (Å²) < 4.78 is 31.6. The van der Waals surface area contributed by atoms with Crippen LogP contribution in [0.15, 0.2) is 30.5 Å². The molecule has 0 radical (unpaired) electrons. The normalized spacial score (nSPS) is 13.7. The fraction of sp³-hybridized carbons (Fsp3) is 0.300. The minimum Gasteiger partial charge on any atom is -0.308 e. The van der Waals surface area contributed by atoms with E-state index in [-0.39, 0.29) is 5.91 Å². The lowest BCUT2D eigenvalue weighted by Crippen LogP contribution is -2.36. The van der Waals surface area contributed by atoms with Crippen molar-refractivity contribution in [2.75, 3.05) is 11.4 Å². The maximum Gasteiger partial charge on any atom is 0.263 e. The second-order valence-corrected chi connectivity index (χ2v) is 6.90. The van der Waals surface area contributed by atoms with Crippen LogP contribution in [0.4, 0.5) is 14.5 Å². The topological polar surface area (TPSA) is 43.1 Å². The van der Waals surface area contributed by atoms with Crippen LogP contribution in [0.25, 0.3) is 5.82 Å². The average Bonchev–Trinajstić information content (AvgIpc) is 3.15. The third-order valence-corrected chi connectivity index (χ3v) is 5.10. The Labute approximate surface area is 155 Å². The van der Waals surface area contributed by atoms with Gasteiger partial charge in [0, 0.05) is 36.6 Å². The Morgan fingerprint density at radius 1 is 1.15 bits per heavy atom. The van der Waals surface area contributed by atoms with Gasteiger partial charge in [-0.15, -0.1) is 0 Å². The van der Waals surface area contributed by atoms with Crippen LogP contribution < -0.4 is 4.90 Å². The molecule has 0 atom stereocenters. The monoisotopic (exact) mass is 370 g/mol. The van der Waals surface area contributed by atoms with Crippen LogP contribution in [0.5, 0.6) is 0 Å². The zero-order chi connectivity index (χ0) is 19.3. The Morgan fingerprint density at radius 3 is 2.56 bits per heavy atom. The lowest BCUT2D eigenvalue weighted by atomic mass is 10.00. The zero-order valence-electron chi connectivity index (χ0n) is 15.5. The molecule has 0 saturated carbocycles. The van der Waals surface area contributed by atoms with Gasteiger partial charge in [-0.25, -0.2) is 8.78 Å². The van der Waals surface area contributed by atoms with Crippen molar-refractivity contribution in [3.05, 3.63) is 64.6 Å². The van der Waals surface area contributed by atoms with Gasteiger partial charge >= 0.3 is 0 Å². The van der Waals surface area contributed by atoms with Gasteiger partial charge in [0.25, 0.3) is 5.91 Å². The number of hydrogen-bond acceptors (Lipinski definition) is 2. The highest BCUT2D eigenvalue weighted by molar-refractivity contribution is 6.08. The van der Waals surface area contributed by atoms with Crippen LogP contribution in [-0.4, -0.2) is 26.8 Å². The van der Waals surface area contributed by atoms with E-state index in [1.807, 2.05) is 30.5 Å². The van der Waals surface area contributed by atoms with E-state index < -0.39 is 11.6 Å². The van der Waals surface area contributed by atoms with E-state index in [2.05, 4.69) is 5.10 Å². The van der Waals surface area contributed by atoms with Crippen molar-refractivity contribution in [2.45, 2.75) is 26.7 Å². The molecular formula is C20H20F2N4O. The molecule has 27 heavy (non-hydrogen) atoms. The number of carbonyl (C=O) groups is 1. The van der Waals surface area contributed by atoms with E-state index in [0.717, 1.165) is 17.5 Å². The molecule has 0 fully saturated rings. The molecular weight excluding hydrogens is 350 g/mol. The first-order valence-electron chi connectivity index (χ1n) is 8.85. The van der Waals surface area contributed by atoms with Crippen LogP contribution in [-0.2, 0) is 13.5 Å². The number of amides is 1. The molecule has 0 bridgehead atoms. The first-order valence-corrected chi connectivity index (χ1v) is 8.85. The summed E-state index contributed by atoms with van der Waals surface area (Å²) >= 11 is 0. The van der Waals surface area contributed by atoms with E-state index in [9.17, 15) is 13.6 Å². The molecule has 1 aliphatic heterocycles. The molecule has 4 rings (SSSR count). The van der Waals surface area contributed by atoms with Crippen molar-refractivity contribution in [2.24, 2.45) is 7.05 Å². The van der Waals surface area contributed by atoms with E-state index >= 15 is 0 Å². The Kier molecular flexibility index (Phi) is 4.09. The smallest absolute Gasteiger partial charge is 0.263 e. The molecule has 5 nitrogen and oxygen atoms in total. The minimum absolute atomic E-state index is 0.305. The summed E-state index contributed by atoms with van der Waals surface area (Å²) in [5.41, 5.74) is 3.04. The summed E-state index contributed by atoms with van der Waals surface area (Å²) in [6.45, 7) is 4.32. The fourth-order valence-electron chi connectivity index (χ4n) is 3.82. The third-order valence-electron chi connectivity index (χ3n) is 5.10. The van der Waals surface area contributed by atoms with Crippen molar-refractivity contribution < 1.29 is 13.6 Å². The third kappa shape index (κ3) is 2.74. The quantitative estimate of drug-likeness (QED) is 0.690. The Bertz CT molecular complexity index is 1030. The molecule has 0 unspecified atom stereocenters. The van der Waals surface area contributed by atoms with Gasteiger partial charge in [0.15, 0.2) is 0 Å². The number of benzene rings is 1. The molecule has 3 heterocycles. The lowest BCUT2D eigenvalue weighted by Gasteiger charge is -2.30. The van der Waals surface area contributed by atoms with Crippen molar-refractivity contribution in [1.29, 1.82) is 0 Å². The first kappa shape index (κ1) is 17.5. The average molecular weight is 370 g/mol. The van der Waals surface area contributed by atoms with E-state index in [1.165, 1.54) is 17.2 Å². The summed E-state index contributed by atoms with van der Waals surface area (Å²) in [4.78, 5) is 14.8. The molecule has 1 aromatic carbocycles. The number of carbonyl (C=O) groups excluding carboxylic acids is 1. The van der Waals surface area contributed by atoms with Gasteiger partial charge in [0.2, 0.25) is 0 Å². The SMILES string of the molecule is Cc1ccc(C)n1-c1c(C(=O)N2CCCc3c(F)cc(F)cc32)cnn1C. The predicted octanol–water partition coefficient (Wildman–Crippen LogP) is 3.70. The van der Waals surface area contributed by atoms with Gasteiger partial charge < -0.3 is 9.47 Å². The maximum atomic E-state index is 14.2. The second kappa shape index (κ2) is 6.33. The number of anilines is 1. The molecule has 0 saturated heterocycles. The van der Waals surface area contributed by atoms with Crippen LogP contribution in [0.1, 0.15) is 33.7 Å². The molecule has 0 N–H and O–H groups in total. The number of fused-ring (bicyclic) bond motifs is 1. The standard InChI is InChI=1S/C20H20F2N4O/c1-12-6-7-13(2)26(12)19-16(11-23-24(19)3)20(27)25-8-4-5-15-17(22)9-14(21)10-18(15)25/h6-7,9-11H,4-5,8H2,1-3H3. The summed E-state index contributed by atoms with van der Waals surface area (Å²) in [6.07, 6.45) is 2.62. The van der Waals surface area contributed by atoms with E-state index in [1.54, 1.807) is 11.7 Å². The Hall–Kier alpha value is -2.96. The molecule has 2 aromatic heterocycles. The summed E-state index contributed by atoms with van der Waals surface area (Å²) in [5.74, 6) is -0.957. The number of rotatable bonds is 2. The number of aromatic nitrogens is 3. The van der Waals surface area contributed by atoms with Crippen LogP contribution in [0, 0.1) is 25.5 Å². The summed E-state index contributed by atoms with van der Waals surface area (Å²) in [6, 6.07) is 6.04. The van der Waals surface area contributed by atoms with Gasteiger partial charge in [0.05, 0.1) is 11.9 Å². The number of hydrogen-bond donors (Lipinski definition) is 0. The Balaban J connectivity index is 1.83. The largest absolute Gasteiger partial charge is 0.308 e. The van der Waals surface area contributed by atoms with Gasteiger partial charge in [-0.3, -0.25) is 9.48 Å². The van der Waals surface area contributed by atoms with Crippen molar-refractivity contribution in [1.82, 2.24) is 14.3 Å². The van der Waals surface area contributed by atoms with E-state index in [4.69, 9.17) is 0 Å². The van der Waals surface area contributed by atoms with Crippen LogP contribution >= 0.6 is 0 Å². The van der Waals surface area contributed by atoms with Gasteiger partial charge in [-0.05, 0) is 44.9 Å². The molecule has 7 heteroatoms. The molecule has 0 aliphatic carbocycles. The van der Waals surface area contributed by atoms with Gasteiger partial charge in [0.1, 0.15) is 23.0 Å². The lowest BCUT2D eigenvalue weighted by molar-refractivity contribution is 0.0985. The van der Waals surface area contributed by atoms with Crippen LogP contribution in [0.3, 0.4) is 0 Å². The maximum absolute atomic E-state index is 14.2. The fourth-order valence-corrected chi connectivity index (χ4v) is 3.82. The molecule has 3 aromatic rings. The zero-order valence-corrected chi connectivity index (χ0v) is 15.5. The minimum atomic E-state index is -0.686. The number of aryl methyl sites for hydroxylation is 3. The van der Waals surface area contributed by atoms with Crippen molar-refractivity contribution in [3.8, 4) is 5.82 Å². The molecule has 140 valence electrons. The summed E-state index contributed by atoms with van der Waals surface area (Å²) in [5, 5.41) is 4.26. The molecule has 1 aliphatic rings. The highest BCUT2D eigenvalue weighted by Crippen LogP contribution is 2.32. The van der Waals surface area contributed by atoms with Gasteiger partial charge in [-0.2, -0.15) is 5.10 Å². The second-order valence-electron chi connectivity index (χ2n) is 6.90. The van der Waals surface area contributed by atoms with E-state index in [0.29, 0.717) is 42.0 Å². The number of halogens is 2. The molecule has 0 spiro atoms. The number of nitrogens with zero attached hydrogens (tertiary/aromatic N) is 4. The highest BCUT2D eigenvalue weighted by Gasteiger charge is 2.30. The first-order chi connectivity index (χ1) is 12.9. The Morgan fingerprint density at radius 2 is 1.85 bits per heavy atom. The van der Waals surface area contributed by atoms with Crippen LogP contribution in [0.2, 0.25) is 0 Å². The highest BCUT2D eigenvalue weighted by atomic mass is 19.1. The van der Waals surface area contributed by atoms with Gasteiger partial charge in [-0.1, -0.05) is 0 Å². The van der Waals surface area contributed by atoms with Crippen molar-refractivity contribution in [3.63, 3.8) is 0 Å². The van der Waals surface area contributed by atoms with Crippen molar-refractivity contribution >= 4 is 11.6 Å². The molecule has 1 amide bonds.